The van der Waals surface area contributed by atoms with Crippen LogP contribution in [0.25, 0.3) is 0 Å². The van der Waals surface area contributed by atoms with Crippen LogP contribution in [0, 0.1) is 24.2 Å². The molecule has 2 N–H and O–H groups in total. The lowest BCUT2D eigenvalue weighted by Gasteiger charge is -2.48. The number of hydrogen-bond acceptors (Lipinski definition) is 2. The van der Waals surface area contributed by atoms with Gasteiger partial charge in [0.05, 0.1) is 0 Å². The third kappa shape index (κ3) is 3.20. The molecule has 1 unspecified atom stereocenters. The minimum Gasteiger partial charge on any atom is -0.336 e. The van der Waals surface area contributed by atoms with Crippen LogP contribution in [0.1, 0.15) is 12.8 Å². The highest BCUT2D eigenvalue weighted by atomic mass is 16.2. The number of para-hydroxylation sites is 1. The number of anilines is 1. The Kier molecular flexibility index (Phi) is 4.12. The minimum atomic E-state index is -0.141. The number of piperidine rings is 3. The summed E-state index contributed by atoms with van der Waals surface area (Å²) in [6.07, 6.45) is 7.88. The van der Waals surface area contributed by atoms with Gasteiger partial charge < -0.3 is 10.6 Å². The number of benzene rings is 1. The molecule has 4 rings (SSSR count). The predicted molar refractivity (Wildman–Crippen MR) is 83.9 cm³/mol. The number of urea groups is 1. The van der Waals surface area contributed by atoms with Gasteiger partial charge >= 0.3 is 6.03 Å². The van der Waals surface area contributed by atoms with Gasteiger partial charge in [-0.25, -0.2) is 4.79 Å². The largest absolute Gasteiger partial charge is 0.336 e. The lowest BCUT2D eigenvalue weighted by molar-refractivity contribution is 0.0242. The van der Waals surface area contributed by atoms with Crippen molar-refractivity contribution in [1.29, 1.82) is 0 Å². The summed E-state index contributed by atoms with van der Waals surface area (Å²) in [4.78, 5) is 14.3. The van der Waals surface area contributed by atoms with Crippen LogP contribution < -0.4 is 10.6 Å². The fraction of sp³-hybridized carbons (Fsp3) is 0.471. The molecule has 4 nitrogen and oxygen atoms in total. The molecule has 1 aromatic rings. The average Bonchev–Trinajstić information content (AvgIpc) is 2.54. The number of carbonyl (C=O) groups is 1. The summed E-state index contributed by atoms with van der Waals surface area (Å²) in [5.41, 5.74) is 0.813. The van der Waals surface area contributed by atoms with Crippen molar-refractivity contribution in [2.75, 3.05) is 25.0 Å². The number of nitrogens with zero attached hydrogens (tertiary/aromatic N) is 1. The van der Waals surface area contributed by atoms with Crippen LogP contribution in [-0.4, -0.2) is 36.6 Å². The van der Waals surface area contributed by atoms with Crippen molar-refractivity contribution in [3.8, 4) is 12.3 Å². The topological polar surface area (TPSA) is 44.4 Å². The second kappa shape index (κ2) is 6.19. The van der Waals surface area contributed by atoms with E-state index in [9.17, 15) is 4.79 Å². The monoisotopic (exact) mass is 283 g/mol. The first-order valence-electron chi connectivity index (χ1n) is 7.56. The van der Waals surface area contributed by atoms with Crippen molar-refractivity contribution < 1.29 is 4.79 Å². The highest BCUT2D eigenvalue weighted by Crippen LogP contribution is 2.35. The average molecular weight is 283 g/mol. The second-order valence-electron chi connectivity index (χ2n) is 5.91. The fourth-order valence-electron chi connectivity index (χ4n) is 3.45. The van der Waals surface area contributed by atoms with E-state index in [-0.39, 0.29) is 6.03 Å². The molecule has 3 fully saturated rings. The molecular weight excluding hydrogens is 262 g/mol. The summed E-state index contributed by atoms with van der Waals surface area (Å²) in [5, 5.41) is 5.82. The van der Waals surface area contributed by atoms with E-state index in [1.54, 1.807) is 0 Å². The fourth-order valence-corrected chi connectivity index (χ4v) is 3.45. The van der Waals surface area contributed by atoms with E-state index < -0.39 is 0 Å². The number of nitrogens with one attached hydrogen (secondary N) is 2. The summed E-state index contributed by atoms with van der Waals surface area (Å²) in [6, 6.07) is 9.78. The normalized spacial score (nSPS) is 30.4. The molecule has 2 amide bonds. The van der Waals surface area contributed by atoms with Gasteiger partial charge in [-0.2, -0.15) is 0 Å². The Morgan fingerprint density at radius 3 is 2.86 bits per heavy atom. The number of fused-ring (bicyclic) bond motifs is 3. The minimum absolute atomic E-state index is 0.141. The molecule has 2 bridgehead atoms. The second-order valence-corrected chi connectivity index (χ2v) is 5.91. The van der Waals surface area contributed by atoms with Crippen LogP contribution in [0.3, 0.4) is 0 Å². The first-order chi connectivity index (χ1) is 10.3. The van der Waals surface area contributed by atoms with Gasteiger partial charge in [-0.05, 0) is 37.4 Å². The quantitative estimate of drug-likeness (QED) is 0.835. The molecule has 3 saturated heterocycles. The Morgan fingerprint density at radius 2 is 2.19 bits per heavy atom. The van der Waals surface area contributed by atoms with E-state index in [4.69, 9.17) is 6.42 Å². The highest BCUT2D eigenvalue weighted by Gasteiger charge is 2.39. The van der Waals surface area contributed by atoms with E-state index >= 15 is 0 Å². The van der Waals surface area contributed by atoms with Crippen LogP contribution in [-0.2, 0) is 0 Å². The van der Waals surface area contributed by atoms with Gasteiger partial charge in [-0.15, -0.1) is 12.3 Å². The molecule has 21 heavy (non-hydrogen) atoms. The van der Waals surface area contributed by atoms with Crippen molar-refractivity contribution in [1.82, 2.24) is 10.2 Å². The molecule has 0 spiro atoms. The summed E-state index contributed by atoms with van der Waals surface area (Å²) in [7, 11) is 0. The maximum Gasteiger partial charge on any atom is 0.319 e. The van der Waals surface area contributed by atoms with E-state index in [1.807, 2.05) is 30.3 Å². The molecule has 110 valence electrons. The summed E-state index contributed by atoms with van der Waals surface area (Å²) in [5.74, 6) is 3.94. The summed E-state index contributed by atoms with van der Waals surface area (Å²) in [6.45, 7) is 2.77. The number of hydrogen-bond donors (Lipinski definition) is 2. The molecule has 0 radical (unpaired) electrons. The zero-order chi connectivity index (χ0) is 14.7. The smallest absolute Gasteiger partial charge is 0.319 e. The van der Waals surface area contributed by atoms with Gasteiger partial charge in [-0.1, -0.05) is 18.2 Å². The van der Waals surface area contributed by atoms with E-state index in [2.05, 4.69) is 21.5 Å². The van der Waals surface area contributed by atoms with Crippen LogP contribution in [0.15, 0.2) is 30.3 Å². The van der Waals surface area contributed by atoms with Crippen LogP contribution in [0.2, 0.25) is 0 Å². The van der Waals surface area contributed by atoms with Gasteiger partial charge in [0.25, 0.3) is 0 Å². The number of rotatable bonds is 3. The zero-order valence-electron chi connectivity index (χ0n) is 12.1. The van der Waals surface area contributed by atoms with Crippen molar-refractivity contribution in [2.24, 2.45) is 11.8 Å². The van der Waals surface area contributed by atoms with Crippen LogP contribution in [0.5, 0.6) is 0 Å². The molecular formula is C17H21N3O. The molecule has 0 saturated carbocycles. The van der Waals surface area contributed by atoms with Gasteiger partial charge in [0.1, 0.15) is 0 Å². The summed E-state index contributed by atoms with van der Waals surface area (Å²) >= 11 is 0. The molecule has 3 aliphatic heterocycles. The van der Waals surface area contributed by atoms with E-state index in [0.29, 0.717) is 24.4 Å². The Morgan fingerprint density at radius 1 is 1.38 bits per heavy atom. The maximum atomic E-state index is 11.9. The number of carbonyl (C=O) groups excluding carboxylic acids is 1. The van der Waals surface area contributed by atoms with Crippen molar-refractivity contribution in [3.63, 3.8) is 0 Å². The standard InChI is InChI=1S/C17H21N3O/c1-2-13-12-20-9-8-14(13)10-16(20)11-18-17(21)19-15-6-4-3-5-7-15/h1,3-7,13-14,16H,8-12H2,(H2,18,19,21)/t13-,14-,16+/m0/s1. The SMILES string of the molecule is C#C[C@H]1CN2CC[C@H]1C[C@@H]2CNC(=O)Nc1ccccc1. The highest BCUT2D eigenvalue weighted by molar-refractivity contribution is 5.89. The van der Waals surface area contributed by atoms with Crippen molar-refractivity contribution in [2.45, 2.75) is 18.9 Å². The Balaban J connectivity index is 1.48. The van der Waals surface area contributed by atoms with Gasteiger partial charge in [0, 0.05) is 30.7 Å². The molecule has 3 heterocycles. The first-order valence-corrected chi connectivity index (χ1v) is 7.56. The Hall–Kier alpha value is -1.99. The van der Waals surface area contributed by atoms with Gasteiger partial charge in [0.15, 0.2) is 0 Å². The molecule has 0 aliphatic carbocycles. The molecule has 4 atom stereocenters. The van der Waals surface area contributed by atoms with E-state index in [1.165, 1.54) is 6.42 Å². The third-order valence-electron chi connectivity index (χ3n) is 4.62. The van der Waals surface area contributed by atoms with Gasteiger partial charge in [-0.3, -0.25) is 4.90 Å². The molecule has 1 aromatic carbocycles. The molecule has 0 aromatic heterocycles. The third-order valence-corrected chi connectivity index (χ3v) is 4.62. The van der Waals surface area contributed by atoms with Crippen LogP contribution >= 0.6 is 0 Å². The maximum absolute atomic E-state index is 11.9. The number of terminal acetylenes is 1. The first kappa shape index (κ1) is 14.0. The predicted octanol–water partition coefficient (Wildman–Crippen LogP) is 2.15. The Labute approximate surface area is 125 Å². The Bertz CT molecular complexity index is 537. The van der Waals surface area contributed by atoms with E-state index in [0.717, 1.165) is 25.2 Å². The zero-order valence-corrected chi connectivity index (χ0v) is 12.1. The van der Waals surface area contributed by atoms with Crippen molar-refractivity contribution in [3.05, 3.63) is 30.3 Å². The van der Waals surface area contributed by atoms with Crippen molar-refractivity contribution >= 4 is 11.7 Å². The molecule has 3 aliphatic rings. The lowest BCUT2D eigenvalue weighted by Crippen LogP contribution is -2.56. The number of amides is 2. The van der Waals surface area contributed by atoms with Gasteiger partial charge in [0.2, 0.25) is 0 Å². The lowest BCUT2D eigenvalue weighted by atomic mass is 9.76. The summed E-state index contributed by atoms with van der Waals surface area (Å²) < 4.78 is 0. The molecule has 4 heteroatoms. The van der Waals surface area contributed by atoms with Crippen LogP contribution in [0.4, 0.5) is 10.5 Å².